The van der Waals surface area contributed by atoms with Crippen molar-refractivity contribution in [3.63, 3.8) is 0 Å². The van der Waals surface area contributed by atoms with Crippen LogP contribution in [0.5, 0.6) is 0 Å². The van der Waals surface area contributed by atoms with Gasteiger partial charge in [0.2, 0.25) is 5.91 Å². The van der Waals surface area contributed by atoms with E-state index in [9.17, 15) is 13.2 Å². The Labute approximate surface area is 184 Å². The molecule has 0 unspecified atom stereocenters. The monoisotopic (exact) mass is 460 g/mol. The topological polar surface area (TPSA) is 79.4 Å². The van der Waals surface area contributed by atoms with Crippen molar-refractivity contribution in [1.29, 1.82) is 0 Å². The standard InChI is InChI=1S/C21H19ClN3O3S2/c1-14-4-2-5-15(10-14)13-25-9-7-18(21(25)26)24-30(27,28)19-11-17(22)20(29-19)16-6-3-8-23-12-16/h2-6,8,10-12,18,24H,1,7,9,13H2/t18-/m0/s1. The zero-order valence-electron chi connectivity index (χ0n) is 15.9. The summed E-state index contributed by atoms with van der Waals surface area (Å²) in [6.07, 6.45) is 3.67. The molecule has 1 amide bonds. The molecule has 1 radical (unpaired) electrons. The van der Waals surface area contributed by atoms with E-state index in [0.29, 0.717) is 29.4 Å². The predicted molar refractivity (Wildman–Crippen MR) is 118 cm³/mol. The Morgan fingerprint density at radius 1 is 1.27 bits per heavy atom. The minimum Gasteiger partial charge on any atom is -0.337 e. The first-order valence-corrected chi connectivity index (χ1v) is 11.9. The third kappa shape index (κ3) is 4.41. The van der Waals surface area contributed by atoms with Crippen LogP contribution in [0.15, 0.2) is 59.1 Å². The molecule has 1 aromatic carbocycles. The van der Waals surface area contributed by atoms with Crippen molar-refractivity contribution < 1.29 is 13.2 Å². The number of hydrogen-bond acceptors (Lipinski definition) is 5. The van der Waals surface area contributed by atoms with Crippen molar-refractivity contribution in [2.24, 2.45) is 0 Å². The van der Waals surface area contributed by atoms with E-state index in [1.807, 2.05) is 30.3 Å². The minimum absolute atomic E-state index is 0.0716. The lowest BCUT2D eigenvalue weighted by atomic mass is 10.1. The molecule has 6 nitrogen and oxygen atoms in total. The highest BCUT2D eigenvalue weighted by atomic mass is 35.5. The average Bonchev–Trinajstić information content (AvgIpc) is 3.27. The minimum atomic E-state index is -3.88. The van der Waals surface area contributed by atoms with Crippen LogP contribution >= 0.6 is 22.9 Å². The number of hydrogen-bond donors (Lipinski definition) is 1. The van der Waals surface area contributed by atoms with Crippen LogP contribution in [0.3, 0.4) is 0 Å². The van der Waals surface area contributed by atoms with E-state index < -0.39 is 16.1 Å². The number of carbonyl (C=O) groups is 1. The van der Waals surface area contributed by atoms with Gasteiger partial charge in [-0.3, -0.25) is 9.78 Å². The second kappa shape index (κ2) is 8.47. The van der Waals surface area contributed by atoms with Crippen molar-refractivity contribution in [3.05, 3.63) is 77.9 Å². The van der Waals surface area contributed by atoms with Gasteiger partial charge in [-0.15, -0.1) is 11.3 Å². The molecule has 0 saturated carbocycles. The molecule has 1 N–H and O–H groups in total. The summed E-state index contributed by atoms with van der Waals surface area (Å²) in [7, 11) is -3.88. The highest BCUT2D eigenvalue weighted by molar-refractivity contribution is 7.91. The molecule has 4 rings (SSSR count). The first-order valence-electron chi connectivity index (χ1n) is 9.25. The molecule has 1 atom stereocenters. The van der Waals surface area contributed by atoms with Gasteiger partial charge in [-0.05, 0) is 36.6 Å². The maximum Gasteiger partial charge on any atom is 0.250 e. The molecule has 2 aromatic heterocycles. The summed E-state index contributed by atoms with van der Waals surface area (Å²) in [6.45, 7) is 4.81. The van der Waals surface area contributed by atoms with E-state index in [-0.39, 0.29) is 10.1 Å². The van der Waals surface area contributed by atoms with Crippen LogP contribution in [0.4, 0.5) is 0 Å². The number of thiophene rings is 1. The number of benzene rings is 1. The summed E-state index contributed by atoms with van der Waals surface area (Å²) in [5.74, 6) is -0.233. The highest BCUT2D eigenvalue weighted by Crippen LogP contribution is 2.38. The molecule has 30 heavy (non-hydrogen) atoms. The summed E-state index contributed by atoms with van der Waals surface area (Å²) in [4.78, 5) is 19.1. The van der Waals surface area contributed by atoms with E-state index in [1.165, 1.54) is 6.07 Å². The molecule has 3 heterocycles. The molecule has 1 aliphatic heterocycles. The number of rotatable bonds is 6. The van der Waals surface area contributed by atoms with Gasteiger partial charge >= 0.3 is 0 Å². The largest absolute Gasteiger partial charge is 0.337 e. The van der Waals surface area contributed by atoms with Crippen LogP contribution < -0.4 is 4.72 Å². The third-order valence-electron chi connectivity index (χ3n) is 4.81. The van der Waals surface area contributed by atoms with E-state index >= 15 is 0 Å². The van der Waals surface area contributed by atoms with Gasteiger partial charge in [0.1, 0.15) is 10.3 Å². The predicted octanol–water partition coefficient (Wildman–Crippen LogP) is 3.73. The molecular formula is C21H19ClN3O3S2. The Morgan fingerprint density at radius 3 is 2.83 bits per heavy atom. The molecule has 1 aliphatic rings. The number of carbonyl (C=O) groups excluding carboxylic acids is 1. The van der Waals surface area contributed by atoms with Crippen LogP contribution in [-0.2, 0) is 21.4 Å². The number of halogens is 1. The van der Waals surface area contributed by atoms with Crippen molar-refractivity contribution in [2.75, 3.05) is 6.54 Å². The summed E-state index contributed by atoms with van der Waals surface area (Å²) in [5.41, 5.74) is 2.57. The van der Waals surface area contributed by atoms with Crippen LogP contribution in [0, 0.1) is 6.92 Å². The fraction of sp³-hybridized carbons (Fsp3) is 0.190. The number of likely N-dealkylation sites (tertiary alicyclic amines) is 1. The van der Waals surface area contributed by atoms with Gasteiger partial charge < -0.3 is 4.90 Å². The lowest BCUT2D eigenvalue weighted by Crippen LogP contribution is -2.41. The number of nitrogens with one attached hydrogen (secondary N) is 1. The second-order valence-electron chi connectivity index (χ2n) is 7.03. The fourth-order valence-electron chi connectivity index (χ4n) is 3.37. The Hall–Kier alpha value is -2.26. The number of nitrogens with zero attached hydrogens (tertiary/aromatic N) is 2. The van der Waals surface area contributed by atoms with E-state index in [0.717, 1.165) is 28.0 Å². The Kier molecular flexibility index (Phi) is 5.92. The summed E-state index contributed by atoms with van der Waals surface area (Å²) >= 11 is 7.32. The van der Waals surface area contributed by atoms with Gasteiger partial charge in [0.05, 0.1) is 9.90 Å². The number of aromatic nitrogens is 1. The zero-order chi connectivity index (χ0) is 21.3. The maximum atomic E-state index is 12.9. The molecule has 1 saturated heterocycles. The zero-order valence-corrected chi connectivity index (χ0v) is 18.3. The van der Waals surface area contributed by atoms with Crippen molar-refractivity contribution in [1.82, 2.24) is 14.6 Å². The molecule has 3 aromatic rings. The van der Waals surface area contributed by atoms with Crippen molar-refractivity contribution in [2.45, 2.75) is 23.2 Å². The quantitative estimate of drug-likeness (QED) is 0.608. The first kappa shape index (κ1) is 21.0. The smallest absolute Gasteiger partial charge is 0.250 e. The SMILES string of the molecule is [CH2]c1cccc(CN2CC[C@H](NS(=O)(=O)c3cc(Cl)c(-c4cccnc4)s3)C2=O)c1. The molecule has 0 spiro atoms. The van der Waals surface area contributed by atoms with Gasteiger partial charge in [-0.25, -0.2) is 8.42 Å². The molecule has 1 fully saturated rings. The Morgan fingerprint density at radius 2 is 2.10 bits per heavy atom. The molecule has 0 bridgehead atoms. The van der Waals surface area contributed by atoms with E-state index in [1.54, 1.807) is 23.4 Å². The summed E-state index contributed by atoms with van der Waals surface area (Å²) in [5, 5.41) is 0.334. The van der Waals surface area contributed by atoms with Crippen molar-refractivity contribution >= 4 is 38.9 Å². The molecular weight excluding hydrogens is 442 g/mol. The number of pyridine rings is 1. The van der Waals surface area contributed by atoms with Crippen LogP contribution in [-0.4, -0.2) is 36.8 Å². The summed E-state index contributed by atoms with van der Waals surface area (Å²) in [6, 6.07) is 11.8. The average molecular weight is 461 g/mol. The molecule has 0 aliphatic carbocycles. The fourth-order valence-corrected chi connectivity index (χ4v) is 6.43. The van der Waals surface area contributed by atoms with Crippen molar-refractivity contribution in [3.8, 4) is 10.4 Å². The van der Waals surface area contributed by atoms with Gasteiger partial charge in [0, 0.05) is 31.0 Å². The molecule has 9 heteroatoms. The second-order valence-corrected chi connectivity index (χ2v) is 10.4. The van der Waals surface area contributed by atoms with Crippen LogP contribution in [0.1, 0.15) is 17.5 Å². The number of amides is 1. The highest BCUT2D eigenvalue weighted by Gasteiger charge is 2.35. The van der Waals surface area contributed by atoms with Gasteiger partial charge in [-0.2, -0.15) is 4.72 Å². The Balaban J connectivity index is 1.48. The van der Waals surface area contributed by atoms with Crippen LogP contribution in [0.25, 0.3) is 10.4 Å². The lowest BCUT2D eigenvalue weighted by Gasteiger charge is -2.17. The first-order chi connectivity index (χ1) is 14.3. The van der Waals surface area contributed by atoms with Crippen LogP contribution in [0.2, 0.25) is 5.02 Å². The lowest BCUT2D eigenvalue weighted by molar-refractivity contribution is -0.129. The number of sulfonamides is 1. The summed E-state index contributed by atoms with van der Waals surface area (Å²) < 4.78 is 28.4. The van der Waals surface area contributed by atoms with Gasteiger partial charge in [0.15, 0.2) is 0 Å². The van der Waals surface area contributed by atoms with E-state index in [4.69, 9.17) is 11.6 Å². The third-order valence-corrected chi connectivity index (χ3v) is 8.35. The Bertz CT molecular complexity index is 1180. The maximum absolute atomic E-state index is 12.9. The van der Waals surface area contributed by atoms with E-state index in [2.05, 4.69) is 16.6 Å². The molecule has 155 valence electrons. The van der Waals surface area contributed by atoms with Gasteiger partial charge in [0.25, 0.3) is 10.0 Å². The van der Waals surface area contributed by atoms with Gasteiger partial charge in [-0.1, -0.05) is 41.9 Å². The normalized spacial score (nSPS) is 16.9.